The Kier molecular flexibility index (Phi) is 4.56. The van der Waals surface area contributed by atoms with Crippen LogP contribution in [0.1, 0.15) is 18.0 Å². The van der Waals surface area contributed by atoms with E-state index >= 15 is 0 Å². The summed E-state index contributed by atoms with van der Waals surface area (Å²) < 4.78 is 14.6. The normalized spacial score (nSPS) is 15.2. The summed E-state index contributed by atoms with van der Waals surface area (Å²) >= 11 is 5.72. The van der Waals surface area contributed by atoms with Crippen molar-refractivity contribution in [3.05, 3.63) is 58.9 Å². The van der Waals surface area contributed by atoms with Crippen molar-refractivity contribution in [1.29, 1.82) is 0 Å². The third-order valence-electron chi connectivity index (χ3n) is 4.36. The highest BCUT2D eigenvalue weighted by molar-refractivity contribution is 6.31. The Morgan fingerprint density at radius 3 is 2.75 bits per heavy atom. The zero-order valence-electron chi connectivity index (χ0n) is 14.7. The fourth-order valence-electron chi connectivity index (χ4n) is 2.90. The van der Waals surface area contributed by atoms with E-state index in [2.05, 4.69) is 20.7 Å². The van der Waals surface area contributed by atoms with E-state index in [4.69, 9.17) is 11.6 Å². The van der Waals surface area contributed by atoms with Gasteiger partial charge in [0.25, 0.3) is 5.91 Å². The van der Waals surface area contributed by atoms with Crippen molar-refractivity contribution < 1.29 is 14.0 Å². The molecule has 2 amide bonds. The van der Waals surface area contributed by atoms with Gasteiger partial charge in [-0.15, -0.1) is 5.10 Å². The molecule has 0 saturated carbocycles. The zero-order chi connectivity index (χ0) is 19.8. The average molecular weight is 400 g/mol. The summed E-state index contributed by atoms with van der Waals surface area (Å²) in [5.74, 6) is -0.611. The molecule has 0 fully saturated rings. The van der Waals surface area contributed by atoms with Crippen molar-refractivity contribution in [1.82, 2.24) is 14.8 Å². The second-order valence-electron chi connectivity index (χ2n) is 6.46. The molecule has 2 N–H and O–H groups in total. The van der Waals surface area contributed by atoms with Crippen molar-refractivity contribution in [3.63, 3.8) is 0 Å². The van der Waals surface area contributed by atoms with Crippen LogP contribution in [0.5, 0.6) is 0 Å². The van der Waals surface area contributed by atoms with Crippen molar-refractivity contribution in [3.8, 4) is 11.4 Å². The number of halogens is 2. The number of nitrogens with zero attached hydrogens (tertiary/aromatic N) is 3. The summed E-state index contributed by atoms with van der Waals surface area (Å²) in [6, 6.07) is 10.7. The molecule has 2 aromatic carbocycles. The number of benzene rings is 2. The molecule has 2 heterocycles. The standard InChI is InChI=1S/C19H15ClFN5O2/c1-10-2-4-11(5-3-10)17-23-19-24-18(28)15(26(19)25-17)9-16(27)22-12-6-7-14(21)13(20)8-12/h2-8,15H,9H2,1H3,(H,22,27)(H,23,24,25,28). The first kappa shape index (κ1) is 18.1. The summed E-state index contributed by atoms with van der Waals surface area (Å²) in [7, 11) is 0. The molecule has 7 nitrogen and oxygen atoms in total. The molecular weight excluding hydrogens is 385 g/mol. The van der Waals surface area contributed by atoms with E-state index in [9.17, 15) is 14.0 Å². The van der Waals surface area contributed by atoms with Crippen LogP contribution < -0.4 is 10.6 Å². The predicted molar refractivity (Wildman–Crippen MR) is 103 cm³/mol. The number of aromatic nitrogens is 3. The van der Waals surface area contributed by atoms with Crippen molar-refractivity contribution in [2.24, 2.45) is 0 Å². The van der Waals surface area contributed by atoms with Gasteiger partial charge in [-0.1, -0.05) is 41.4 Å². The maximum absolute atomic E-state index is 13.2. The van der Waals surface area contributed by atoms with Gasteiger partial charge in [-0.3, -0.25) is 14.9 Å². The summed E-state index contributed by atoms with van der Waals surface area (Å²) in [5.41, 5.74) is 2.26. The van der Waals surface area contributed by atoms with Crippen LogP contribution in [-0.2, 0) is 9.59 Å². The average Bonchev–Trinajstić information content (AvgIpc) is 3.18. The zero-order valence-corrected chi connectivity index (χ0v) is 15.5. The Hall–Kier alpha value is -3.26. The molecule has 142 valence electrons. The molecule has 0 aliphatic carbocycles. The smallest absolute Gasteiger partial charge is 0.252 e. The van der Waals surface area contributed by atoms with Crippen LogP contribution >= 0.6 is 11.6 Å². The quantitative estimate of drug-likeness (QED) is 0.702. The number of rotatable bonds is 4. The number of carbonyl (C=O) groups excluding carboxylic acids is 2. The number of anilines is 2. The van der Waals surface area contributed by atoms with Gasteiger partial charge in [-0.25, -0.2) is 9.07 Å². The first-order valence-electron chi connectivity index (χ1n) is 8.50. The Labute approximate surface area is 164 Å². The number of carbonyl (C=O) groups is 2. The lowest BCUT2D eigenvalue weighted by atomic mass is 10.1. The minimum Gasteiger partial charge on any atom is -0.326 e. The summed E-state index contributed by atoms with van der Waals surface area (Å²) in [6.07, 6.45) is -0.148. The topological polar surface area (TPSA) is 88.9 Å². The summed E-state index contributed by atoms with van der Waals surface area (Å²) in [5, 5.41) is 9.52. The number of nitrogens with one attached hydrogen (secondary N) is 2. The molecule has 1 aliphatic heterocycles. The minimum atomic E-state index is -0.822. The van der Waals surface area contributed by atoms with Gasteiger partial charge >= 0.3 is 0 Å². The van der Waals surface area contributed by atoms with E-state index in [1.165, 1.54) is 16.8 Å². The first-order chi connectivity index (χ1) is 13.4. The van der Waals surface area contributed by atoms with Gasteiger partial charge in [-0.05, 0) is 25.1 Å². The van der Waals surface area contributed by atoms with Crippen molar-refractivity contribution >= 4 is 35.1 Å². The number of fused-ring (bicyclic) bond motifs is 1. The number of hydrogen-bond acceptors (Lipinski definition) is 4. The Morgan fingerprint density at radius 1 is 1.29 bits per heavy atom. The van der Waals surface area contributed by atoms with Crippen molar-refractivity contribution in [2.75, 3.05) is 10.6 Å². The van der Waals surface area contributed by atoms with Gasteiger partial charge < -0.3 is 5.32 Å². The second-order valence-corrected chi connectivity index (χ2v) is 6.86. The molecule has 9 heteroatoms. The molecule has 1 aliphatic rings. The molecule has 0 bridgehead atoms. The molecule has 4 rings (SSSR count). The predicted octanol–water partition coefficient (Wildman–Crippen LogP) is 3.57. The maximum Gasteiger partial charge on any atom is 0.252 e. The summed E-state index contributed by atoms with van der Waals surface area (Å²) in [6.45, 7) is 1.98. The molecule has 1 unspecified atom stereocenters. The lowest BCUT2D eigenvalue weighted by molar-refractivity contribution is -0.123. The number of aryl methyl sites for hydroxylation is 1. The van der Waals surface area contributed by atoms with Gasteiger partial charge in [0.1, 0.15) is 11.9 Å². The Bertz CT molecular complexity index is 1080. The van der Waals surface area contributed by atoms with E-state index in [-0.39, 0.29) is 17.4 Å². The van der Waals surface area contributed by atoms with Crippen LogP contribution in [-0.4, -0.2) is 26.6 Å². The van der Waals surface area contributed by atoms with E-state index in [0.29, 0.717) is 17.5 Å². The van der Waals surface area contributed by atoms with Gasteiger partial charge in [0.15, 0.2) is 5.82 Å². The molecule has 1 atom stereocenters. The van der Waals surface area contributed by atoms with Gasteiger partial charge in [0, 0.05) is 11.3 Å². The Balaban J connectivity index is 1.51. The van der Waals surface area contributed by atoms with Crippen LogP contribution in [0.25, 0.3) is 11.4 Å². The van der Waals surface area contributed by atoms with E-state index in [0.717, 1.165) is 17.2 Å². The SMILES string of the molecule is Cc1ccc(-c2nc3n(n2)C(CC(=O)Nc2ccc(F)c(Cl)c2)C(=O)N3)cc1. The Morgan fingerprint density at radius 2 is 2.04 bits per heavy atom. The maximum atomic E-state index is 13.2. The van der Waals surface area contributed by atoms with Crippen LogP contribution in [0.2, 0.25) is 5.02 Å². The molecule has 0 spiro atoms. The van der Waals surface area contributed by atoms with Gasteiger partial charge in [-0.2, -0.15) is 4.98 Å². The highest BCUT2D eigenvalue weighted by atomic mass is 35.5. The number of hydrogen-bond donors (Lipinski definition) is 2. The fraction of sp³-hybridized carbons (Fsp3) is 0.158. The van der Waals surface area contributed by atoms with Crippen LogP contribution in [0.3, 0.4) is 0 Å². The third kappa shape index (κ3) is 3.46. The molecular formula is C19H15ClFN5O2. The van der Waals surface area contributed by atoms with E-state index < -0.39 is 17.8 Å². The highest BCUT2D eigenvalue weighted by Gasteiger charge is 2.35. The van der Waals surface area contributed by atoms with Crippen LogP contribution in [0, 0.1) is 12.7 Å². The first-order valence-corrected chi connectivity index (χ1v) is 8.88. The molecule has 0 radical (unpaired) electrons. The van der Waals surface area contributed by atoms with E-state index in [1.54, 1.807) is 0 Å². The monoisotopic (exact) mass is 399 g/mol. The fourth-order valence-corrected chi connectivity index (χ4v) is 3.08. The summed E-state index contributed by atoms with van der Waals surface area (Å²) in [4.78, 5) is 28.9. The van der Waals surface area contributed by atoms with Crippen LogP contribution in [0.4, 0.5) is 16.0 Å². The third-order valence-corrected chi connectivity index (χ3v) is 4.65. The molecule has 28 heavy (non-hydrogen) atoms. The van der Waals surface area contributed by atoms with Crippen LogP contribution in [0.15, 0.2) is 42.5 Å². The minimum absolute atomic E-state index is 0.0993. The van der Waals surface area contributed by atoms with Crippen molar-refractivity contribution in [2.45, 2.75) is 19.4 Å². The second kappa shape index (κ2) is 7.05. The molecule has 0 saturated heterocycles. The van der Waals surface area contributed by atoms with E-state index in [1.807, 2.05) is 31.2 Å². The van der Waals surface area contributed by atoms with Gasteiger partial charge in [0.2, 0.25) is 11.9 Å². The molecule has 1 aromatic heterocycles. The molecule has 3 aromatic rings. The highest BCUT2D eigenvalue weighted by Crippen LogP contribution is 2.29. The number of amides is 2. The lowest BCUT2D eigenvalue weighted by Crippen LogP contribution is -2.23. The van der Waals surface area contributed by atoms with Gasteiger partial charge in [0.05, 0.1) is 11.4 Å². The largest absolute Gasteiger partial charge is 0.326 e. The lowest BCUT2D eigenvalue weighted by Gasteiger charge is -2.10.